The second kappa shape index (κ2) is 7.86. The molecule has 0 bridgehead atoms. The van der Waals surface area contributed by atoms with Gasteiger partial charge in [-0.15, -0.1) is 5.10 Å². The molecule has 0 unspecified atom stereocenters. The van der Waals surface area contributed by atoms with Gasteiger partial charge in [-0.05, 0) is 42.7 Å². The number of aromatic nitrogens is 3. The fourth-order valence-corrected chi connectivity index (χ4v) is 3.60. The Kier molecular flexibility index (Phi) is 5.11. The largest absolute Gasteiger partial charge is 0.348 e. The van der Waals surface area contributed by atoms with Crippen molar-refractivity contribution in [3.63, 3.8) is 0 Å². The van der Waals surface area contributed by atoms with Crippen LogP contribution in [-0.2, 0) is 9.59 Å². The quantitative estimate of drug-likeness (QED) is 0.690. The average Bonchev–Trinajstić information content (AvgIpc) is 3.33. The fourth-order valence-electron chi connectivity index (χ4n) is 3.60. The number of nitrogens with zero attached hydrogens (tertiary/aromatic N) is 4. The smallest absolute Gasteiger partial charge is 0.244 e. The lowest BCUT2D eigenvalue weighted by atomic mass is 10.0. The first kappa shape index (κ1) is 18.9. The highest BCUT2D eigenvalue weighted by molar-refractivity contribution is 5.93. The molecule has 2 amide bonds. The van der Waals surface area contributed by atoms with Crippen LogP contribution in [-0.4, -0.2) is 39.5 Å². The van der Waals surface area contributed by atoms with Crippen molar-refractivity contribution in [3.05, 3.63) is 54.0 Å². The molecule has 0 spiro atoms. The topological polar surface area (TPSA) is 91.6 Å². The summed E-state index contributed by atoms with van der Waals surface area (Å²) in [7, 11) is 0. The second-order valence-electron chi connectivity index (χ2n) is 6.97. The minimum Gasteiger partial charge on any atom is -0.348 e. The Morgan fingerprint density at radius 1 is 1.28 bits per heavy atom. The number of carbonyl (C=O) groups excluding carboxylic acids is 2. The van der Waals surface area contributed by atoms with Gasteiger partial charge in [0, 0.05) is 13.5 Å². The van der Waals surface area contributed by atoms with Crippen molar-refractivity contribution < 1.29 is 14.0 Å². The molecule has 1 aliphatic heterocycles. The van der Waals surface area contributed by atoms with E-state index in [9.17, 15) is 14.0 Å². The maximum absolute atomic E-state index is 13.7. The van der Waals surface area contributed by atoms with Crippen LogP contribution in [0.25, 0.3) is 5.65 Å². The molecule has 0 aliphatic carbocycles. The van der Waals surface area contributed by atoms with Crippen LogP contribution in [0.1, 0.15) is 31.4 Å². The summed E-state index contributed by atoms with van der Waals surface area (Å²) >= 11 is 0. The summed E-state index contributed by atoms with van der Waals surface area (Å²) in [6, 6.07) is 10.4. The predicted octanol–water partition coefficient (Wildman–Crippen LogP) is 2.28. The summed E-state index contributed by atoms with van der Waals surface area (Å²) in [5.41, 5.74) is 1.50. The fraction of sp³-hybridized carbons (Fsp3) is 0.300. The Balaban J connectivity index is 1.59. The Morgan fingerprint density at radius 3 is 2.93 bits per heavy atom. The van der Waals surface area contributed by atoms with Gasteiger partial charge in [0.1, 0.15) is 11.6 Å². The van der Waals surface area contributed by atoms with Crippen molar-refractivity contribution in [2.75, 3.05) is 23.3 Å². The summed E-state index contributed by atoms with van der Waals surface area (Å²) in [6.07, 6.45) is 3.41. The summed E-state index contributed by atoms with van der Waals surface area (Å²) in [6.45, 7) is 2.02. The maximum atomic E-state index is 13.7. The molecule has 3 heterocycles. The van der Waals surface area contributed by atoms with E-state index in [-0.39, 0.29) is 30.2 Å². The number of hydrogen-bond donors (Lipinski definition) is 2. The van der Waals surface area contributed by atoms with Crippen molar-refractivity contribution in [2.45, 2.75) is 25.8 Å². The third-order valence-electron chi connectivity index (χ3n) is 4.89. The molecule has 2 N–H and O–H groups in total. The van der Waals surface area contributed by atoms with Crippen LogP contribution in [0.2, 0.25) is 0 Å². The number of rotatable bonds is 5. The third-order valence-corrected chi connectivity index (χ3v) is 4.89. The zero-order valence-electron chi connectivity index (χ0n) is 15.9. The first-order valence-corrected chi connectivity index (χ1v) is 9.42. The van der Waals surface area contributed by atoms with Gasteiger partial charge in [0.25, 0.3) is 0 Å². The van der Waals surface area contributed by atoms with Gasteiger partial charge in [-0.1, -0.05) is 12.1 Å². The number of imidazole rings is 1. The normalized spacial score (nSPS) is 16.2. The van der Waals surface area contributed by atoms with Gasteiger partial charge in [0.15, 0.2) is 11.5 Å². The minimum absolute atomic E-state index is 0.0389. The van der Waals surface area contributed by atoms with E-state index in [1.807, 2.05) is 18.2 Å². The number of benzene rings is 1. The molecule has 8 nitrogen and oxygen atoms in total. The second-order valence-corrected chi connectivity index (χ2v) is 6.97. The Bertz CT molecular complexity index is 1070. The van der Waals surface area contributed by atoms with E-state index in [2.05, 4.69) is 25.6 Å². The zero-order chi connectivity index (χ0) is 20.4. The van der Waals surface area contributed by atoms with E-state index in [0.717, 1.165) is 30.8 Å². The maximum Gasteiger partial charge on any atom is 0.244 e. The van der Waals surface area contributed by atoms with Crippen molar-refractivity contribution in [3.8, 4) is 0 Å². The molecular weight excluding hydrogens is 375 g/mol. The lowest BCUT2D eigenvalue weighted by Gasteiger charge is -2.26. The summed E-state index contributed by atoms with van der Waals surface area (Å²) in [5, 5.41) is 9.80. The van der Waals surface area contributed by atoms with Crippen molar-refractivity contribution >= 4 is 29.1 Å². The van der Waals surface area contributed by atoms with E-state index in [0.29, 0.717) is 11.5 Å². The van der Waals surface area contributed by atoms with Gasteiger partial charge in [0.05, 0.1) is 18.8 Å². The third kappa shape index (κ3) is 4.03. The minimum atomic E-state index is -0.368. The molecule has 4 rings (SSSR count). The number of amides is 2. The van der Waals surface area contributed by atoms with E-state index < -0.39 is 0 Å². The lowest BCUT2D eigenvalue weighted by Crippen LogP contribution is -2.31. The number of fused-ring (bicyclic) bond motifs is 1. The highest BCUT2D eigenvalue weighted by Gasteiger charge is 2.28. The number of anilines is 2. The van der Waals surface area contributed by atoms with Gasteiger partial charge < -0.3 is 15.5 Å². The molecule has 1 aliphatic rings. The SMILES string of the molecule is CC(=O)NCC(=O)Nc1cnc2ccc(N3CCC[C@@H]3c3cccc(F)c3)nn12. The summed E-state index contributed by atoms with van der Waals surface area (Å²) in [5.74, 6) is 0.235. The lowest BCUT2D eigenvalue weighted by molar-refractivity contribution is -0.122. The Hall–Kier alpha value is -3.49. The predicted molar refractivity (Wildman–Crippen MR) is 106 cm³/mol. The molecule has 29 heavy (non-hydrogen) atoms. The molecule has 1 aromatic carbocycles. The summed E-state index contributed by atoms with van der Waals surface area (Å²) in [4.78, 5) is 29.4. The van der Waals surface area contributed by atoms with E-state index in [1.54, 1.807) is 16.6 Å². The number of carbonyl (C=O) groups is 2. The van der Waals surface area contributed by atoms with Gasteiger partial charge in [-0.3, -0.25) is 9.59 Å². The number of halogens is 1. The molecule has 1 saturated heterocycles. The van der Waals surface area contributed by atoms with Crippen LogP contribution in [0, 0.1) is 5.82 Å². The van der Waals surface area contributed by atoms with Crippen molar-refractivity contribution in [1.82, 2.24) is 19.9 Å². The molecule has 9 heteroatoms. The van der Waals surface area contributed by atoms with Gasteiger partial charge >= 0.3 is 0 Å². The van der Waals surface area contributed by atoms with Crippen LogP contribution in [0.15, 0.2) is 42.6 Å². The van der Waals surface area contributed by atoms with Crippen LogP contribution in [0.5, 0.6) is 0 Å². The molecular formula is C20H21FN6O2. The first-order valence-electron chi connectivity index (χ1n) is 9.42. The van der Waals surface area contributed by atoms with E-state index in [1.165, 1.54) is 19.2 Å². The molecule has 3 aromatic rings. The molecule has 2 aromatic heterocycles. The number of hydrogen-bond acceptors (Lipinski definition) is 5. The molecule has 1 atom stereocenters. The van der Waals surface area contributed by atoms with Crippen LogP contribution >= 0.6 is 0 Å². The highest BCUT2D eigenvalue weighted by atomic mass is 19.1. The first-order chi connectivity index (χ1) is 14.0. The Labute approximate surface area is 166 Å². The van der Waals surface area contributed by atoms with Crippen LogP contribution in [0.3, 0.4) is 0 Å². The molecule has 0 radical (unpaired) electrons. The monoisotopic (exact) mass is 396 g/mol. The van der Waals surface area contributed by atoms with Crippen LogP contribution in [0.4, 0.5) is 16.0 Å². The van der Waals surface area contributed by atoms with Crippen molar-refractivity contribution in [2.24, 2.45) is 0 Å². The average molecular weight is 396 g/mol. The molecule has 0 saturated carbocycles. The molecule has 150 valence electrons. The van der Waals surface area contributed by atoms with Gasteiger partial charge in [-0.25, -0.2) is 9.37 Å². The highest BCUT2D eigenvalue weighted by Crippen LogP contribution is 2.35. The standard InChI is InChI=1S/C20H21FN6O2/c1-13(28)22-12-20(29)24-19-11-23-17-7-8-18(25-27(17)19)26-9-3-6-16(26)14-4-2-5-15(21)10-14/h2,4-5,7-8,10-11,16H,3,6,9,12H2,1H3,(H,22,28)(H,24,29)/t16-/m1/s1. The Morgan fingerprint density at radius 2 is 2.14 bits per heavy atom. The van der Waals surface area contributed by atoms with Crippen molar-refractivity contribution in [1.29, 1.82) is 0 Å². The summed E-state index contributed by atoms with van der Waals surface area (Å²) < 4.78 is 15.2. The number of nitrogens with one attached hydrogen (secondary N) is 2. The van der Waals surface area contributed by atoms with E-state index in [4.69, 9.17) is 0 Å². The van der Waals surface area contributed by atoms with Gasteiger partial charge in [-0.2, -0.15) is 4.52 Å². The zero-order valence-corrected chi connectivity index (χ0v) is 15.9. The van der Waals surface area contributed by atoms with E-state index >= 15 is 0 Å². The van der Waals surface area contributed by atoms with Gasteiger partial charge in [0.2, 0.25) is 11.8 Å². The van der Waals surface area contributed by atoms with Crippen LogP contribution < -0.4 is 15.5 Å². The molecule has 1 fully saturated rings.